The van der Waals surface area contributed by atoms with E-state index in [0.717, 1.165) is 6.07 Å². The molecule has 0 unspecified atom stereocenters. The van der Waals surface area contributed by atoms with E-state index >= 15 is 0 Å². The summed E-state index contributed by atoms with van der Waals surface area (Å²) >= 11 is 0. The highest BCUT2D eigenvalue weighted by molar-refractivity contribution is 5.87. The minimum absolute atomic E-state index is 0.0484. The lowest BCUT2D eigenvalue weighted by Gasteiger charge is -2.18. The van der Waals surface area contributed by atoms with E-state index in [2.05, 4.69) is 5.32 Å². The quantitative estimate of drug-likeness (QED) is 0.719. The number of hydrogen-bond donors (Lipinski definition) is 2. The first-order valence-corrected chi connectivity index (χ1v) is 6.99. The molecule has 1 amide bonds. The Balaban J connectivity index is 2.47. The number of nitrogens with one attached hydrogen (secondary N) is 1. The van der Waals surface area contributed by atoms with E-state index in [-0.39, 0.29) is 23.6 Å². The van der Waals surface area contributed by atoms with Gasteiger partial charge in [-0.1, -0.05) is 0 Å². The third-order valence-electron chi connectivity index (χ3n) is 3.24. The van der Waals surface area contributed by atoms with Crippen LogP contribution in [0.5, 0.6) is 0 Å². The number of amides is 1. The zero-order valence-electron chi connectivity index (χ0n) is 12.4. The number of carbonyl (C=O) groups excluding carboxylic acids is 1. The molecule has 0 aromatic heterocycles. The van der Waals surface area contributed by atoms with Gasteiger partial charge in [-0.3, -0.25) is 4.79 Å². The number of carboxylic acid groups (broad SMARTS) is 1. The second-order valence-electron chi connectivity index (χ2n) is 4.60. The number of nitrogens with zero attached hydrogens (tertiary/aromatic N) is 1. The molecule has 0 fully saturated rings. The summed E-state index contributed by atoms with van der Waals surface area (Å²) < 4.78 is 13.5. The van der Waals surface area contributed by atoms with E-state index in [4.69, 9.17) is 5.11 Å². The fourth-order valence-electron chi connectivity index (χ4n) is 2.00. The molecule has 21 heavy (non-hydrogen) atoms. The van der Waals surface area contributed by atoms with Gasteiger partial charge >= 0.3 is 5.97 Å². The zero-order valence-corrected chi connectivity index (χ0v) is 12.4. The molecule has 1 aromatic carbocycles. The van der Waals surface area contributed by atoms with Crippen LogP contribution in [0.4, 0.5) is 4.39 Å². The van der Waals surface area contributed by atoms with Crippen LogP contribution in [0.1, 0.15) is 36.2 Å². The fourth-order valence-corrected chi connectivity index (χ4v) is 2.00. The van der Waals surface area contributed by atoms with Crippen LogP contribution < -0.4 is 5.32 Å². The number of carboxylic acids is 1. The standard InChI is InChI=1S/C15H21FN2O3/c1-3-18(4-2)14(19)7-8-17-10-12-9-11(15(20)21)5-6-13(12)16/h5-6,9,17H,3-4,7-8,10H2,1-2H3,(H,20,21). The Morgan fingerprint density at radius 1 is 1.29 bits per heavy atom. The molecule has 0 bridgehead atoms. The number of rotatable bonds is 8. The molecule has 0 aliphatic carbocycles. The Kier molecular flexibility index (Phi) is 6.81. The first kappa shape index (κ1) is 17.1. The summed E-state index contributed by atoms with van der Waals surface area (Å²) in [6, 6.07) is 3.67. The largest absolute Gasteiger partial charge is 0.478 e. The van der Waals surface area contributed by atoms with Crippen molar-refractivity contribution in [1.29, 1.82) is 0 Å². The Bertz CT molecular complexity index is 502. The summed E-state index contributed by atoms with van der Waals surface area (Å²) in [5.74, 6) is -1.50. The van der Waals surface area contributed by atoms with E-state index in [0.29, 0.717) is 26.1 Å². The van der Waals surface area contributed by atoms with E-state index in [1.165, 1.54) is 12.1 Å². The zero-order chi connectivity index (χ0) is 15.8. The Morgan fingerprint density at radius 3 is 2.52 bits per heavy atom. The monoisotopic (exact) mass is 296 g/mol. The van der Waals surface area contributed by atoms with Crippen molar-refractivity contribution in [2.45, 2.75) is 26.8 Å². The second-order valence-corrected chi connectivity index (χ2v) is 4.60. The Labute approximate surface area is 123 Å². The van der Waals surface area contributed by atoms with Crippen molar-refractivity contribution < 1.29 is 19.1 Å². The molecule has 0 radical (unpaired) electrons. The number of benzene rings is 1. The minimum Gasteiger partial charge on any atom is -0.478 e. The van der Waals surface area contributed by atoms with Crippen LogP contribution in [-0.2, 0) is 11.3 Å². The molecule has 0 atom stereocenters. The van der Waals surface area contributed by atoms with Gasteiger partial charge in [-0.05, 0) is 32.0 Å². The third-order valence-corrected chi connectivity index (χ3v) is 3.24. The molecule has 0 aliphatic rings. The maximum absolute atomic E-state index is 13.5. The summed E-state index contributed by atoms with van der Waals surface area (Å²) in [6.07, 6.45) is 0.335. The highest BCUT2D eigenvalue weighted by Gasteiger charge is 2.10. The smallest absolute Gasteiger partial charge is 0.335 e. The van der Waals surface area contributed by atoms with Gasteiger partial charge in [0.05, 0.1) is 5.56 Å². The maximum Gasteiger partial charge on any atom is 0.335 e. The second kappa shape index (κ2) is 8.36. The third kappa shape index (κ3) is 5.15. The molecule has 6 heteroatoms. The molecular formula is C15H21FN2O3. The lowest BCUT2D eigenvalue weighted by Crippen LogP contribution is -2.32. The van der Waals surface area contributed by atoms with Gasteiger partial charge in [0.1, 0.15) is 5.82 Å². The van der Waals surface area contributed by atoms with E-state index < -0.39 is 11.8 Å². The van der Waals surface area contributed by atoms with Crippen molar-refractivity contribution in [3.05, 3.63) is 35.1 Å². The van der Waals surface area contributed by atoms with Crippen LogP contribution in [-0.4, -0.2) is 41.5 Å². The van der Waals surface area contributed by atoms with Gasteiger partial charge in [-0.25, -0.2) is 9.18 Å². The van der Waals surface area contributed by atoms with Crippen LogP contribution in [0.3, 0.4) is 0 Å². The van der Waals surface area contributed by atoms with Gasteiger partial charge in [-0.15, -0.1) is 0 Å². The number of carbonyl (C=O) groups is 2. The number of aromatic carboxylic acids is 1. The normalized spacial score (nSPS) is 10.4. The summed E-state index contributed by atoms with van der Waals surface area (Å²) in [4.78, 5) is 24.3. The van der Waals surface area contributed by atoms with Crippen molar-refractivity contribution >= 4 is 11.9 Å². The van der Waals surface area contributed by atoms with E-state index in [1.807, 2.05) is 13.8 Å². The van der Waals surface area contributed by atoms with Crippen molar-refractivity contribution in [2.75, 3.05) is 19.6 Å². The molecule has 1 rings (SSSR count). The highest BCUT2D eigenvalue weighted by Crippen LogP contribution is 2.10. The van der Waals surface area contributed by atoms with Gasteiger partial charge in [0.25, 0.3) is 0 Å². The topological polar surface area (TPSA) is 69.6 Å². The molecule has 1 aromatic rings. The Morgan fingerprint density at radius 2 is 1.95 bits per heavy atom. The van der Waals surface area contributed by atoms with Gasteiger partial charge in [-0.2, -0.15) is 0 Å². The van der Waals surface area contributed by atoms with Crippen LogP contribution in [0.25, 0.3) is 0 Å². The Hall–Kier alpha value is -1.95. The van der Waals surface area contributed by atoms with Crippen molar-refractivity contribution in [3.8, 4) is 0 Å². The summed E-state index contributed by atoms with van der Waals surface area (Å²) in [5, 5.41) is 11.8. The average Bonchev–Trinajstić information content (AvgIpc) is 2.46. The minimum atomic E-state index is -1.09. The van der Waals surface area contributed by atoms with Gasteiger partial charge < -0.3 is 15.3 Å². The van der Waals surface area contributed by atoms with Crippen LogP contribution in [0.15, 0.2) is 18.2 Å². The van der Waals surface area contributed by atoms with Crippen LogP contribution >= 0.6 is 0 Å². The fraction of sp³-hybridized carbons (Fsp3) is 0.467. The maximum atomic E-state index is 13.5. The lowest BCUT2D eigenvalue weighted by molar-refractivity contribution is -0.130. The van der Waals surface area contributed by atoms with E-state index in [9.17, 15) is 14.0 Å². The van der Waals surface area contributed by atoms with Crippen LogP contribution in [0, 0.1) is 5.82 Å². The molecule has 0 saturated heterocycles. The number of hydrogen-bond acceptors (Lipinski definition) is 3. The molecule has 0 spiro atoms. The van der Waals surface area contributed by atoms with Crippen molar-refractivity contribution in [3.63, 3.8) is 0 Å². The molecule has 2 N–H and O–H groups in total. The summed E-state index contributed by atoms with van der Waals surface area (Å²) in [6.45, 7) is 5.79. The first-order chi connectivity index (χ1) is 9.99. The van der Waals surface area contributed by atoms with Crippen LogP contribution in [0.2, 0.25) is 0 Å². The lowest BCUT2D eigenvalue weighted by atomic mass is 10.1. The summed E-state index contributed by atoms with van der Waals surface area (Å²) in [5.41, 5.74) is 0.331. The predicted octanol–water partition coefficient (Wildman–Crippen LogP) is 1.87. The molecular weight excluding hydrogens is 275 g/mol. The molecule has 116 valence electrons. The number of halogens is 1. The highest BCUT2D eigenvalue weighted by atomic mass is 19.1. The molecule has 0 heterocycles. The summed E-state index contributed by atoms with van der Waals surface area (Å²) in [7, 11) is 0. The van der Waals surface area contributed by atoms with Crippen molar-refractivity contribution in [2.24, 2.45) is 0 Å². The predicted molar refractivity (Wildman–Crippen MR) is 77.6 cm³/mol. The van der Waals surface area contributed by atoms with E-state index in [1.54, 1.807) is 4.90 Å². The van der Waals surface area contributed by atoms with Gasteiger partial charge in [0, 0.05) is 38.2 Å². The first-order valence-electron chi connectivity index (χ1n) is 6.99. The molecule has 0 aliphatic heterocycles. The average molecular weight is 296 g/mol. The van der Waals surface area contributed by atoms with Crippen molar-refractivity contribution in [1.82, 2.24) is 10.2 Å². The molecule has 0 saturated carbocycles. The van der Waals surface area contributed by atoms with Gasteiger partial charge in [0.2, 0.25) is 5.91 Å². The van der Waals surface area contributed by atoms with Gasteiger partial charge in [0.15, 0.2) is 0 Å². The SMILES string of the molecule is CCN(CC)C(=O)CCNCc1cc(C(=O)O)ccc1F. The molecule has 5 nitrogen and oxygen atoms in total.